The Bertz CT molecular complexity index is 980. The molecule has 5 amide bonds. The lowest BCUT2D eigenvalue weighted by Gasteiger charge is -2.37. The molecule has 39 heavy (non-hydrogen) atoms. The summed E-state index contributed by atoms with van der Waals surface area (Å²) in [5.41, 5.74) is 3.67. The highest BCUT2D eigenvalue weighted by molar-refractivity contribution is 6.37. The van der Waals surface area contributed by atoms with Gasteiger partial charge in [0.05, 0.1) is 6.04 Å². The van der Waals surface area contributed by atoms with Crippen LogP contribution in [-0.2, 0) is 24.0 Å². The molecule has 5 unspecified atom stereocenters. The zero-order chi connectivity index (χ0) is 29.9. The number of hydrogen-bond donors (Lipinski definition) is 5. The molecule has 1 saturated heterocycles. The van der Waals surface area contributed by atoms with Crippen LogP contribution < -0.4 is 21.7 Å². The smallest absolute Gasteiger partial charge is 0.326 e. The number of primary amides is 1. The number of carbonyl (C=O) groups excluding carboxylic acids is 5. The molecule has 0 radical (unpaired) electrons. The van der Waals surface area contributed by atoms with Crippen LogP contribution in [0.2, 0.25) is 0 Å². The molecule has 1 saturated carbocycles. The summed E-state index contributed by atoms with van der Waals surface area (Å²) in [5.74, 6) is -4.27. The van der Waals surface area contributed by atoms with E-state index < -0.39 is 70.5 Å². The van der Waals surface area contributed by atoms with Crippen LogP contribution in [0.1, 0.15) is 80.6 Å². The summed E-state index contributed by atoms with van der Waals surface area (Å²) < 4.78 is 0. The van der Waals surface area contributed by atoms with E-state index in [9.17, 15) is 33.9 Å². The molecule has 0 aromatic rings. The lowest BCUT2D eigenvalue weighted by molar-refractivity contribution is -0.144. The maximum absolute atomic E-state index is 13.8. The predicted octanol–water partition coefficient (Wildman–Crippen LogP) is 1.17. The number of ketones is 1. The van der Waals surface area contributed by atoms with E-state index in [1.807, 2.05) is 6.92 Å². The number of nitrogens with zero attached hydrogens (tertiary/aromatic N) is 1. The molecule has 220 valence electrons. The van der Waals surface area contributed by atoms with Gasteiger partial charge in [0.2, 0.25) is 17.6 Å². The van der Waals surface area contributed by atoms with E-state index in [1.54, 1.807) is 41.5 Å². The topological polar surface area (TPSA) is 188 Å². The van der Waals surface area contributed by atoms with E-state index >= 15 is 0 Å². The summed E-state index contributed by atoms with van der Waals surface area (Å²) >= 11 is 0. The van der Waals surface area contributed by atoms with E-state index in [-0.39, 0.29) is 18.4 Å². The maximum atomic E-state index is 13.8. The second-order valence-electron chi connectivity index (χ2n) is 13.1. The van der Waals surface area contributed by atoms with Crippen molar-refractivity contribution in [2.24, 2.45) is 28.4 Å². The number of likely N-dealkylation sites (tertiary alicyclic amines) is 1. The Balaban J connectivity index is 2.24. The lowest BCUT2D eigenvalue weighted by Crippen LogP contribution is -2.62. The number of urea groups is 1. The van der Waals surface area contributed by atoms with Crippen molar-refractivity contribution in [2.45, 2.75) is 105 Å². The number of aliphatic carboxylic acids is 1. The first-order valence-corrected chi connectivity index (χ1v) is 13.6. The SMILES string of the molecule is CC1CCN(C(=O)C(NC(=O)NC(C(=O)O)C(C)(C)C)C(C)(C)C)C1C(=O)NC(CC1CCC1)C(=O)C(N)=O. The Morgan fingerprint density at radius 1 is 0.897 bits per heavy atom. The van der Waals surface area contributed by atoms with Crippen molar-refractivity contribution >= 4 is 35.5 Å². The molecule has 1 aliphatic carbocycles. The Hall–Kier alpha value is -3.18. The first-order valence-electron chi connectivity index (χ1n) is 13.6. The van der Waals surface area contributed by atoms with E-state index in [0.717, 1.165) is 19.3 Å². The van der Waals surface area contributed by atoms with Crippen LogP contribution in [-0.4, -0.2) is 76.2 Å². The van der Waals surface area contributed by atoms with Gasteiger partial charge in [-0.05, 0) is 35.5 Å². The third-order valence-corrected chi connectivity index (χ3v) is 7.70. The average molecular weight is 552 g/mol. The van der Waals surface area contributed by atoms with Crippen LogP contribution in [0.15, 0.2) is 0 Å². The van der Waals surface area contributed by atoms with Crippen LogP contribution >= 0.6 is 0 Å². The standard InChI is InChI=1S/C27H45N5O7/c1-14-11-12-32(17(14)22(35)29-16(18(33)21(28)34)13-15-9-8-10-15)23(36)19(26(2,3)4)30-25(39)31-20(24(37)38)27(5,6)7/h14-17,19-20H,8-13H2,1-7H3,(H2,28,34)(H,29,35)(H,37,38)(H2,30,31,39). The highest BCUT2D eigenvalue weighted by atomic mass is 16.4. The minimum absolute atomic E-state index is 0.216. The zero-order valence-corrected chi connectivity index (χ0v) is 24.1. The number of carbonyl (C=O) groups is 6. The van der Waals surface area contributed by atoms with Crippen LogP contribution in [0.4, 0.5) is 4.79 Å². The van der Waals surface area contributed by atoms with Gasteiger partial charge in [0, 0.05) is 6.54 Å². The van der Waals surface area contributed by atoms with E-state index in [1.165, 1.54) is 4.90 Å². The second kappa shape index (κ2) is 12.3. The summed E-state index contributed by atoms with van der Waals surface area (Å²) in [6.45, 7) is 12.4. The molecule has 0 aromatic heterocycles. The quantitative estimate of drug-likeness (QED) is 0.252. The van der Waals surface area contributed by atoms with Crippen molar-refractivity contribution < 1.29 is 33.9 Å². The maximum Gasteiger partial charge on any atom is 0.326 e. The van der Waals surface area contributed by atoms with Gasteiger partial charge in [-0.2, -0.15) is 0 Å². The third kappa shape index (κ3) is 8.15. The summed E-state index contributed by atoms with van der Waals surface area (Å²) in [7, 11) is 0. The first-order chi connectivity index (χ1) is 17.8. The zero-order valence-electron chi connectivity index (χ0n) is 24.1. The molecule has 12 nitrogen and oxygen atoms in total. The number of Topliss-reactive ketones (excluding diaryl/α,β-unsaturated/α-hetero) is 1. The normalized spacial score (nSPS) is 22.2. The molecule has 0 aromatic carbocycles. The fourth-order valence-corrected chi connectivity index (χ4v) is 5.08. The fourth-order valence-electron chi connectivity index (χ4n) is 5.08. The molecule has 2 aliphatic rings. The van der Waals surface area contributed by atoms with Gasteiger partial charge in [0.25, 0.3) is 5.91 Å². The first kappa shape index (κ1) is 32.0. The third-order valence-electron chi connectivity index (χ3n) is 7.70. The highest BCUT2D eigenvalue weighted by Crippen LogP contribution is 2.32. The van der Waals surface area contributed by atoms with Crippen molar-refractivity contribution in [3.8, 4) is 0 Å². The van der Waals surface area contributed by atoms with E-state index in [4.69, 9.17) is 5.73 Å². The molecule has 2 rings (SSSR count). The van der Waals surface area contributed by atoms with Crippen molar-refractivity contribution in [2.75, 3.05) is 6.54 Å². The van der Waals surface area contributed by atoms with Crippen molar-refractivity contribution in [1.29, 1.82) is 0 Å². The summed E-state index contributed by atoms with van der Waals surface area (Å²) in [6.07, 6.45) is 3.67. The van der Waals surface area contributed by atoms with E-state index in [2.05, 4.69) is 16.0 Å². The van der Waals surface area contributed by atoms with Crippen LogP contribution in [0.25, 0.3) is 0 Å². The molecule has 0 spiro atoms. The van der Waals surface area contributed by atoms with Gasteiger partial charge in [-0.15, -0.1) is 0 Å². The van der Waals surface area contributed by atoms with Crippen molar-refractivity contribution in [3.63, 3.8) is 0 Å². The van der Waals surface area contributed by atoms with Gasteiger partial charge >= 0.3 is 12.0 Å². The molecular formula is C27H45N5O7. The number of amides is 5. The van der Waals surface area contributed by atoms with Gasteiger partial charge in [0.1, 0.15) is 18.1 Å². The minimum Gasteiger partial charge on any atom is -0.480 e. The van der Waals surface area contributed by atoms with Crippen LogP contribution in [0.3, 0.4) is 0 Å². The number of carboxylic acids is 1. The molecule has 1 aliphatic heterocycles. The Labute approximate surface area is 230 Å². The van der Waals surface area contributed by atoms with Crippen LogP contribution in [0, 0.1) is 22.7 Å². The number of carboxylic acid groups (broad SMARTS) is 1. The fraction of sp³-hybridized carbons (Fsp3) is 0.778. The Morgan fingerprint density at radius 3 is 1.87 bits per heavy atom. The molecule has 5 atom stereocenters. The Morgan fingerprint density at radius 2 is 1.44 bits per heavy atom. The molecular weight excluding hydrogens is 506 g/mol. The monoisotopic (exact) mass is 551 g/mol. The van der Waals surface area contributed by atoms with E-state index in [0.29, 0.717) is 12.8 Å². The van der Waals surface area contributed by atoms with Gasteiger partial charge in [-0.25, -0.2) is 9.59 Å². The number of hydrogen-bond acceptors (Lipinski definition) is 6. The average Bonchev–Trinajstić information content (AvgIpc) is 3.15. The largest absolute Gasteiger partial charge is 0.480 e. The van der Waals surface area contributed by atoms with Gasteiger partial charge in [-0.3, -0.25) is 19.2 Å². The van der Waals surface area contributed by atoms with Gasteiger partial charge < -0.3 is 31.7 Å². The minimum atomic E-state index is -1.21. The molecule has 6 N–H and O–H groups in total. The van der Waals surface area contributed by atoms with Crippen molar-refractivity contribution in [1.82, 2.24) is 20.9 Å². The summed E-state index contributed by atoms with van der Waals surface area (Å²) in [5, 5.41) is 17.3. The number of nitrogens with one attached hydrogen (secondary N) is 3. The number of rotatable bonds is 10. The summed E-state index contributed by atoms with van der Waals surface area (Å²) in [4.78, 5) is 77.3. The van der Waals surface area contributed by atoms with Gasteiger partial charge in [0.15, 0.2) is 0 Å². The highest BCUT2D eigenvalue weighted by Gasteiger charge is 2.46. The second-order valence-corrected chi connectivity index (χ2v) is 13.1. The Kier molecular flexibility index (Phi) is 10.1. The molecule has 0 bridgehead atoms. The summed E-state index contributed by atoms with van der Waals surface area (Å²) in [6, 6.07) is -5.07. The number of nitrogens with two attached hydrogens (primary N) is 1. The predicted molar refractivity (Wildman–Crippen MR) is 143 cm³/mol. The van der Waals surface area contributed by atoms with Gasteiger partial charge in [-0.1, -0.05) is 67.7 Å². The molecule has 12 heteroatoms. The molecule has 2 fully saturated rings. The lowest BCUT2D eigenvalue weighted by atomic mass is 9.80. The van der Waals surface area contributed by atoms with Crippen LogP contribution in [0.5, 0.6) is 0 Å². The van der Waals surface area contributed by atoms with Crippen molar-refractivity contribution in [3.05, 3.63) is 0 Å². The molecule has 1 heterocycles.